The average Bonchev–Trinajstić information content (AvgIpc) is 3.26. The summed E-state index contributed by atoms with van der Waals surface area (Å²) in [5, 5.41) is 13.0. The minimum absolute atomic E-state index is 0.0868. The Morgan fingerprint density at radius 2 is 1.78 bits per heavy atom. The first-order chi connectivity index (χ1) is 15.3. The van der Waals surface area contributed by atoms with E-state index < -0.39 is 23.8 Å². The second-order valence-corrected chi connectivity index (χ2v) is 8.94. The van der Waals surface area contributed by atoms with Crippen molar-refractivity contribution in [2.75, 3.05) is 7.11 Å². The van der Waals surface area contributed by atoms with E-state index in [0.717, 1.165) is 31.4 Å². The molecule has 170 valence electrons. The molecule has 1 aromatic carbocycles. The van der Waals surface area contributed by atoms with Crippen molar-refractivity contribution < 1.29 is 29.0 Å². The van der Waals surface area contributed by atoms with Crippen LogP contribution in [0, 0.1) is 11.8 Å². The molecule has 2 N–H and O–H groups in total. The number of methoxy groups -OCH3 is 1. The number of carbonyl (C=O) groups is 3. The lowest BCUT2D eigenvalue weighted by Gasteiger charge is -2.38. The monoisotopic (exact) mass is 439 g/mol. The van der Waals surface area contributed by atoms with Gasteiger partial charge in [-0.15, -0.1) is 0 Å². The van der Waals surface area contributed by atoms with Crippen molar-refractivity contribution in [1.82, 2.24) is 5.32 Å². The number of phenolic OH excluding ortho intramolecular Hbond substituents is 1. The normalized spacial score (nSPS) is 26.0. The Morgan fingerprint density at radius 3 is 2.41 bits per heavy atom. The van der Waals surface area contributed by atoms with Crippen LogP contribution in [0.3, 0.4) is 0 Å². The van der Waals surface area contributed by atoms with Crippen LogP contribution in [0.4, 0.5) is 0 Å². The fourth-order valence-electron chi connectivity index (χ4n) is 5.17. The summed E-state index contributed by atoms with van der Waals surface area (Å²) in [5.74, 6) is -3.12. The smallest absolute Gasteiger partial charge is 0.337 e. The molecule has 4 rings (SSSR count). The number of phenols is 1. The Bertz CT molecular complexity index is 1000. The van der Waals surface area contributed by atoms with Crippen LogP contribution in [-0.4, -0.2) is 36.0 Å². The topological polar surface area (TPSA) is 102 Å². The van der Waals surface area contributed by atoms with Gasteiger partial charge in [-0.1, -0.05) is 19.1 Å². The molecule has 0 aromatic heterocycles. The largest absolute Gasteiger partial charge is 0.508 e. The zero-order chi connectivity index (χ0) is 23.0. The van der Waals surface area contributed by atoms with Crippen LogP contribution >= 0.6 is 0 Å². The maximum absolute atomic E-state index is 13.6. The molecule has 0 amide bonds. The van der Waals surface area contributed by atoms with E-state index in [1.54, 1.807) is 12.1 Å². The molecule has 1 aliphatic heterocycles. The van der Waals surface area contributed by atoms with Crippen LogP contribution in [0.1, 0.15) is 57.4 Å². The summed E-state index contributed by atoms with van der Waals surface area (Å²) in [5.41, 5.74) is 2.80. The highest BCUT2D eigenvalue weighted by Gasteiger charge is 2.47. The van der Waals surface area contributed by atoms with Crippen LogP contribution < -0.4 is 5.32 Å². The molecule has 1 saturated carbocycles. The third kappa shape index (κ3) is 3.92. The van der Waals surface area contributed by atoms with Gasteiger partial charge in [0.05, 0.1) is 12.7 Å². The van der Waals surface area contributed by atoms with E-state index >= 15 is 0 Å². The molecule has 0 unspecified atom stereocenters. The van der Waals surface area contributed by atoms with Crippen LogP contribution in [0.25, 0.3) is 0 Å². The molecule has 3 atom stereocenters. The molecule has 0 saturated heterocycles. The molecule has 2 aliphatic carbocycles. The molecule has 1 aromatic rings. The highest BCUT2D eigenvalue weighted by molar-refractivity contribution is 6.12. The standard InChI is InChI=1S/C25H29NO6/c1-13-12-18-22(23(28)19(13)24(29)31-3)21(15-8-10-16(27)11-9-15)20(14(2)26-18)25(30)32-17-6-4-5-7-17/h8-11,13,17,19,21,26-27H,4-7,12H2,1-3H3/t13-,19-,21+/m1/s1. The van der Waals surface area contributed by atoms with Crippen molar-refractivity contribution in [3.8, 4) is 5.75 Å². The van der Waals surface area contributed by atoms with Crippen molar-refractivity contribution in [1.29, 1.82) is 0 Å². The van der Waals surface area contributed by atoms with Gasteiger partial charge in [0.2, 0.25) is 0 Å². The summed E-state index contributed by atoms with van der Waals surface area (Å²) in [6.45, 7) is 3.66. The summed E-state index contributed by atoms with van der Waals surface area (Å²) in [6.07, 6.45) is 4.10. The summed E-state index contributed by atoms with van der Waals surface area (Å²) in [4.78, 5) is 39.4. The SMILES string of the molecule is COC(=O)[C@H]1C(=O)C2=C(C[C@H]1C)NC(C)=C(C(=O)OC1CCCC1)[C@@H]2c1ccc(O)cc1. The van der Waals surface area contributed by atoms with Gasteiger partial charge in [-0.3, -0.25) is 9.59 Å². The summed E-state index contributed by atoms with van der Waals surface area (Å²) >= 11 is 0. The number of ether oxygens (including phenoxy) is 2. The Hall–Kier alpha value is -3.09. The van der Waals surface area contributed by atoms with E-state index in [4.69, 9.17) is 9.47 Å². The zero-order valence-corrected chi connectivity index (χ0v) is 18.6. The Kier molecular flexibility index (Phi) is 6.09. The molecule has 3 aliphatic rings. The number of nitrogens with one attached hydrogen (secondary N) is 1. The minimum Gasteiger partial charge on any atom is -0.508 e. The summed E-state index contributed by atoms with van der Waals surface area (Å²) < 4.78 is 10.7. The van der Waals surface area contributed by atoms with Gasteiger partial charge in [-0.05, 0) is 62.6 Å². The lowest BCUT2D eigenvalue weighted by Crippen LogP contribution is -2.43. The number of carbonyl (C=O) groups excluding carboxylic acids is 3. The average molecular weight is 440 g/mol. The predicted octanol–water partition coefficient (Wildman–Crippen LogP) is 3.49. The maximum atomic E-state index is 13.6. The van der Waals surface area contributed by atoms with Crippen LogP contribution in [0.5, 0.6) is 5.75 Å². The lowest BCUT2D eigenvalue weighted by atomic mass is 9.69. The number of ketones is 1. The van der Waals surface area contributed by atoms with E-state index in [0.29, 0.717) is 28.8 Å². The molecule has 1 fully saturated rings. The number of aromatic hydroxyl groups is 1. The molecule has 7 heteroatoms. The van der Waals surface area contributed by atoms with Gasteiger partial charge in [0.25, 0.3) is 0 Å². The Morgan fingerprint density at radius 1 is 1.12 bits per heavy atom. The lowest BCUT2D eigenvalue weighted by molar-refractivity contribution is -0.151. The first-order valence-corrected chi connectivity index (χ1v) is 11.1. The van der Waals surface area contributed by atoms with E-state index in [-0.39, 0.29) is 23.6 Å². The third-order valence-corrected chi connectivity index (χ3v) is 6.77. The van der Waals surface area contributed by atoms with Gasteiger partial charge in [0.15, 0.2) is 5.78 Å². The zero-order valence-electron chi connectivity index (χ0n) is 18.6. The van der Waals surface area contributed by atoms with Gasteiger partial charge in [0, 0.05) is 22.9 Å². The fourth-order valence-corrected chi connectivity index (χ4v) is 5.17. The van der Waals surface area contributed by atoms with Gasteiger partial charge >= 0.3 is 11.9 Å². The molecular formula is C25H29NO6. The van der Waals surface area contributed by atoms with E-state index in [1.807, 2.05) is 13.8 Å². The minimum atomic E-state index is -0.925. The Labute approximate surface area is 187 Å². The first-order valence-electron chi connectivity index (χ1n) is 11.1. The number of hydrogen-bond donors (Lipinski definition) is 2. The van der Waals surface area contributed by atoms with E-state index in [9.17, 15) is 19.5 Å². The molecule has 7 nitrogen and oxygen atoms in total. The van der Waals surface area contributed by atoms with Crippen molar-refractivity contribution in [3.63, 3.8) is 0 Å². The molecule has 0 spiro atoms. The number of dihydropyridines is 1. The number of Topliss-reactive ketones (excluding diaryl/α,β-unsaturated/α-hetero) is 1. The second-order valence-electron chi connectivity index (χ2n) is 8.94. The van der Waals surface area contributed by atoms with Gasteiger partial charge < -0.3 is 19.9 Å². The number of allylic oxidation sites excluding steroid dienone is 3. The molecule has 32 heavy (non-hydrogen) atoms. The van der Waals surface area contributed by atoms with Crippen molar-refractivity contribution in [2.24, 2.45) is 11.8 Å². The highest BCUT2D eigenvalue weighted by Crippen LogP contribution is 2.46. The quantitative estimate of drug-likeness (QED) is 0.547. The molecule has 0 radical (unpaired) electrons. The van der Waals surface area contributed by atoms with Crippen molar-refractivity contribution >= 4 is 17.7 Å². The number of rotatable bonds is 4. The number of benzene rings is 1. The highest BCUT2D eigenvalue weighted by atomic mass is 16.5. The van der Waals surface area contributed by atoms with Crippen LogP contribution in [0.15, 0.2) is 46.8 Å². The third-order valence-electron chi connectivity index (χ3n) is 6.77. The van der Waals surface area contributed by atoms with E-state index in [2.05, 4.69) is 5.32 Å². The van der Waals surface area contributed by atoms with Gasteiger partial charge in [0.1, 0.15) is 17.8 Å². The van der Waals surface area contributed by atoms with Gasteiger partial charge in [-0.2, -0.15) is 0 Å². The summed E-state index contributed by atoms with van der Waals surface area (Å²) in [6, 6.07) is 6.45. The van der Waals surface area contributed by atoms with Gasteiger partial charge in [-0.25, -0.2) is 4.79 Å². The van der Waals surface area contributed by atoms with Crippen LogP contribution in [0.2, 0.25) is 0 Å². The maximum Gasteiger partial charge on any atom is 0.337 e. The molecule has 1 heterocycles. The van der Waals surface area contributed by atoms with Crippen LogP contribution in [-0.2, 0) is 23.9 Å². The fraction of sp³-hybridized carbons (Fsp3) is 0.480. The molecule has 0 bridgehead atoms. The van der Waals surface area contributed by atoms with Crippen molar-refractivity contribution in [2.45, 2.75) is 58.0 Å². The Balaban J connectivity index is 1.79. The van der Waals surface area contributed by atoms with Crippen molar-refractivity contribution in [3.05, 3.63) is 52.4 Å². The second kappa shape index (κ2) is 8.81. The number of hydrogen-bond acceptors (Lipinski definition) is 7. The summed E-state index contributed by atoms with van der Waals surface area (Å²) in [7, 11) is 1.28. The first kappa shape index (κ1) is 22.1. The number of esters is 2. The molecular weight excluding hydrogens is 410 g/mol. The van der Waals surface area contributed by atoms with E-state index in [1.165, 1.54) is 19.2 Å². The predicted molar refractivity (Wildman–Crippen MR) is 116 cm³/mol.